The highest BCUT2D eigenvalue weighted by molar-refractivity contribution is 5.29. The van der Waals surface area contributed by atoms with Gasteiger partial charge in [-0.2, -0.15) is 0 Å². The molecule has 0 unspecified atom stereocenters. The third-order valence-corrected chi connectivity index (χ3v) is 4.43. The molecule has 1 nitrogen and oxygen atoms in total. The molecule has 1 aromatic carbocycles. The zero-order valence-corrected chi connectivity index (χ0v) is 12.8. The molecule has 0 bridgehead atoms. The lowest BCUT2D eigenvalue weighted by Gasteiger charge is -2.35. The zero-order valence-electron chi connectivity index (χ0n) is 12.8. The average molecular weight is 259 g/mol. The Morgan fingerprint density at radius 3 is 2.11 bits per heavy atom. The van der Waals surface area contributed by atoms with Crippen LogP contribution in [0, 0.1) is 6.92 Å². The van der Waals surface area contributed by atoms with Crippen LogP contribution in [0.2, 0.25) is 0 Å². The standard InChI is InChI=1S/C18H29N/c1-4-12-18(13-5-2,14-19-17-10-11-17)16-8-6-15(3)7-9-16/h6-9,17,19H,4-5,10-14H2,1-3H3. The number of hydrogen-bond donors (Lipinski definition) is 1. The Hall–Kier alpha value is -0.820. The van der Waals surface area contributed by atoms with E-state index in [1.54, 1.807) is 0 Å². The number of nitrogens with one attached hydrogen (secondary N) is 1. The van der Waals surface area contributed by atoms with Crippen molar-refractivity contribution in [3.63, 3.8) is 0 Å². The molecular formula is C18H29N. The zero-order chi connectivity index (χ0) is 13.7. The van der Waals surface area contributed by atoms with Gasteiger partial charge in [-0.25, -0.2) is 0 Å². The van der Waals surface area contributed by atoms with Gasteiger partial charge in [0.1, 0.15) is 0 Å². The summed E-state index contributed by atoms with van der Waals surface area (Å²) in [7, 11) is 0. The highest BCUT2D eigenvalue weighted by atomic mass is 15.0. The summed E-state index contributed by atoms with van der Waals surface area (Å²) in [4.78, 5) is 0. The first-order chi connectivity index (χ1) is 9.20. The predicted octanol–water partition coefficient (Wildman–Crippen LogP) is 4.59. The van der Waals surface area contributed by atoms with Crippen LogP contribution in [0.15, 0.2) is 24.3 Å². The molecule has 1 N–H and O–H groups in total. The molecule has 0 amide bonds. The van der Waals surface area contributed by atoms with Gasteiger partial charge in [-0.1, -0.05) is 56.5 Å². The summed E-state index contributed by atoms with van der Waals surface area (Å²) in [5, 5.41) is 3.78. The number of benzene rings is 1. The van der Waals surface area contributed by atoms with Crippen molar-refractivity contribution < 1.29 is 0 Å². The van der Waals surface area contributed by atoms with E-state index in [-0.39, 0.29) is 0 Å². The normalized spacial score (nSPS) is 15.7. The molecule has 1 aliphatic carbocycles. The number of hydrogen-bond acceptors (Lipinski definition) is 1. The van der Waals surface area contributed by atoms with E-state index in [4.69, 9.17) is 0 Å². The Morgan fingerprint density at radius 1 is 1.05 bits per heavy atom. The van der Waals surface area contributed by atoms with E-state index in [1.807, 2.05) is 0 Å². The summed E-state index contributed by atoms with van der Waals surface area (Å²) < 4.78 is 0. The van der Waals surface area contributed by atoms with Gasteiger partial charge in [-0.15, -0.1) is 0 Å². The second-order valence-corrected chi connectivity index (χ2v) is 6.30. The monoisotopic (exact) mass is 259 g/mol. The van der Waals surface area contributed by atoms with E-state index >= 15 is 0 Å². The summed E-state index contributed by atoms with van der Waals surface area (Å²) in [5.74, 6) is 0. The predicted molar refractivity (Wildman–Crippen MR) is 83.7 cm³/mol. The summed E-state index contributed by atoms with van der Waals surface area (Å²) in [5.41, 5.74) is 3.25. The van der Waals surface area contributed by atoms with Crippen LogP contribution < -0.4 is 5.32 Å². The van der Waals surface area contributed by atoms with E-state index in [0.29, 0.717) is 5.41 Å². The van der Waals surface area contributed by atoms with Crippen molar-refractivity contribution in [2.75, 3.05) is 6.54 Å². The average Bonchev–Trinajstić information content (AvgIpc) is 3.21. The first-order valence-electron chi connectivity index (χ1n) is 8.00. The molecule has 1 aliphatic rings. The van der Waals surface area contributed by atoms with E-state index in [2.05, 4.69) is 50.4 Å². The molecule has 0 heterocycles. The molecule has 1 fully saturated rings. The minimum absolute atomic E-state index is 0.347. The Labute approximate surface area is 118 Å². The van der Waals surface area contributed by atoms with Gasteiger partial charge >= 0.3 is 0 Å². The van der Waals surface area contributed by atoms with Crippen molar-refractivity contribution in [2.24, 2.45) is 0 Å². The van der Waals surface area contributed by atoms with Crippen LogP contribution in [0.4, 0.5) is 0 Å². The van der Waals surface area contributed by atoms with E-state index < -0.39 is 0 Å². The molecule has 1 aromatic rings. The highest BCUT2D eigenvalue weighted by Crippen LogP contribution is 2.35. The maximum absolute atomic E-state index is 3.78. The van der Waals surface area contributed by atoms with Gasteiger partial charge in [0.2, 0.25) is 0 Å². The summed E-state index contributed by atoms with van der Waals surface area (Å²) in [6.07, 6.45) is 7.87. The minimum atomic E-state index is 0.347. The molecular weight excluding hydrogens is 230 g/mol. The quantitative estimate of drug-likeness (QED) is 0.720. The smallest absolute Gasteiger partial charge is 0.00776 e. The fourth-order valence-electron chi connectivity index (χ4n) is 3.18. The Bertz CT molecular complexity index is 369. The summed E-state index contributed by atoms with van der Waals surface area (Å²) >= 11 is 0. The number of rotatable bonds is 8. The van der Waals surface area contributed by atoms with Gasteiger partial charge in [0.15, 0.2) is 0 Å². The van der Waals surface area contributed by atoms with Gasteiger partial charge < -0.3 is 5.32 Å². The van der Waals surface area contributed by atoms with Crippen molar-refractivity contribution in [2.45, 2.75) is 70.8 Å². The Morgan fingerprint density at radius 2 is 1.63 bits per heavy atom. The van der Waals surface area contributed by atoms with Crippen LogP contribution in [0.25, 0.3) is 0 Å². The molecule has 2 rings (SSSR count). The maximum Gasteiger partial charge on any atom is 0.00776 e. The molecule has 1 saturated carbocycles. The minimum Gasteiger partial charge on any atom is -0.313 e. The largest absolute Gasteiger partial charge is 0.313 e. The molecule has 0 aromatic heterocycles. The maximum atomic E-state index is 3.78. The summed E-state index contributed by atoms with van der Waals surface area (Å²) in [6, 6.07) is 10.1. The van der Waals surface area contributed by atoms with E-state index in [9.17, 15) is 0 Å². The van der Waals surface area contributed by atoms with Crippen molar-refractivity contribution in [3.05, 3.63) is 35.4 Å². The lowest BCUT2D eigenvalue weighted by atomic mass is 9.73. The Kier molecular flexibility index (Phi) is 5.04. The van der Waals surface area contributed by atoms with Gasteiger partial charge in [0, 0.05) is 18.0 Å². The third-order valence-electron chi connectivity index (χ3n) is 4.43. The number of aryl methyl sites for hydroxylation is 1. The van der Waals surface area contributed by atoms with Crippen molar-refractivity contribution in [1.29, 1.82) is 0 Å². The summed E-state index contributed by atoms with van der Waals surface area (Å²) in [6.45, 7) is 7.96. The van der Waals surface area contributed by atoms with Gasteiger partial charge in [-0.3, -0.25) is 0 Å². The van der Waals surface area contributed by atoms with Crippen LogP contribution in [-0.4, -0.2) is 12.6 Å². The first kappa shape index (κ1) is 14.6. The molecule has 0 spiro atoms. The highest BCUT2D eigenvalue weighted by Gasteiger charge is 2.32. The fraction of sp³-hybridized carbons (Fsp3) is 0.667. The molecule has 106 valence electrons. The van der Waals surface area contributed by atoms with Crippen molar-refractivity contribution in [1.82, 2.24) is 5.32 Å². The van der Waals surface area contributed by atoms with Crippen molar-refractivity contribution in [3.8, 4) is 0 Å². The second-order valence-electron chi connectivity index (χ2n) is 6.30. The van der Waals surface area contributed by atoms with E-state index in [1.165, 1.54) is 49.7 Å². The fourth-order valence-corrected chi connectivity index (χ4v) is 3.18. The molecule has 1 heteroatoms. The van der Waals surface area contributed by atoms with Gasteiger partial charge in [0.05, 0.1) is 0 Å². The molecule has 19 heavy (non-hydrogen) atoms. The molecule has 0 saturated heterocycles. The van der Waals surface area contributed by atoms with Crippen LogP contribution in [-0.2, 0) is 5.41 Å². The van der Waals surface area contributed by atoms with Crippen molar-refractivity contribution >= 4 is 0 Å². The molecule has 0 aliphatic heterocycles. The van der Waals surface area contributed by atoms with Crippen LogP contribution >= 0.6 is 0 Å². The topological polar surface area (TPSA) is 12.0 Å². The Balaban J connectivity index is 2.19. The SMILES string of the molecule is CCCC(CCC)(CNC1CC1)c1ccc(C)cc1. The van der Waals surface area contributed by atoms with E-state index in [0.717, 1.165) is 12.6 Å². The van der Waals surface area contributed by atoms with Gasteiger partial charge in [-0.05, 0) is 38.2 Å². The first-order valence-corrected chi connectivity index (χ1v) is 8.00. The van der Waals surface area contributed by atoms with Gasteiger partial charge in [0.25, 0.3) is 0 Å². The third kappa shape index (κ3) is 3.82. The molecule has 0 radical (unpaired) electrons. The second kappa shape index (κ2) is 6.56. The van der Waals surface area contributed by atoms with Crippen LogP contribution in [0.3, 0.4) is 0 Å². The lowest BCUT2D eigenvalue weighted by Crippen LogP contribution is -2.39. The van der Waals surface area contributed by atoms with Crippen LogP contribution in [0.1, 0.15) is 63.5 Å². The van der Waals surface area contributed by atoms with Crippen LogP contribution in [0.5, 0.6) is 0 Å². The molecule has 0 atom stereocenters. The lowest BCUT2D eigenvalue weighted by molar-refractivity contribution is 0.334.